The second-order valence-electron chi connectivity index (χ2n) is 3.78. The second kappa shape index (κ2) is 5.23. The Bertz CT molecular complexity index is 433. The van der Waals surface area contributed by atoms with Gasteiger partial charge in [-0.3, -0.25) is 4.79 Å². The molecule has 0 saturated heterocycles. The summed E-state index contributed by atoms with van der Waals surface area (Å²) >= 11 is 0.682. The average Bonchev–Trinajstić information content (AvgIpc) is 2.63. The number of carbonyl (C=O) groups is 1. The van der Waals surface area contributed by atoms with E-state index in [1.165, 1.54) is 12.3 Å². The molecule has 1 unspecified atom stereocenters. The number of amides is 1. The van der Waals surface area contributed by atoms with Gasteiger partial charge in [-0.2, -0.15) is 13.2 Å². The van der Waals surface area contributed by atoms with Gasteiger partial charge in [-0.25, -0.2) is 4.98 Å². The molecular weight excluding hydrogens is 269 g/mol. The third-order valence-electron chi connectivity index (χ3n) is 2.23. The SMILES string of the molecule is CCNC(=O)CC(O)(c1nc(C)cs1)C(F)(F)F. The normalized spacial score (nSPS) is 15.2. The van der Waals surface area contributed by atoms with Crippen molar-refractivity contribution in [1.82, 2.24) is 10.3 Å². The first-order valence-corrected chi connectivity index (χ1v) is 6.07. The Balaban J connectivity index is 3.08. The summed E-state index contributed by atoms with van der Waals surface area (Å²) in [4.78, 5) is 14.9. The molecule has 1 heterocycles. The smallest absolute Gasteiger partial charge is 0.374 e. The van der Waals surface area contributed by atoms with Crippen LogP contribution in [-0.4, -0.2) is 28.7 Å². The number of nitrogens with one attached hydrogen (secondary N) is 1. The quantitative estimate of drug-likeness (QED) is 0.884. The maximum atomic E-state index is 12.9. The van der Waals surface area contributed by atoms with Crippen LogP contribution in [0.2, 0.25) is 0 Å². The highest BCUT2D eigenvalue weighted by Gasteiger charge is 2.58. The summed E-state index contributed by atoms with van der Waals surface area (Å²) in [5.74, 6) is -0.870. The first kappa shape index (κ1) is 14.9. The standard InChI is InChI=1S/C10H13F3N2O2S/c1-3-14-7(16)4-9(17,10(11,12)13)8-15-6(2)5-18-8/h5,17H,3-4H2,1-2H3,(H,14,16). The van der Waals surface area contributed by atoms with Crippen molar-refractivity contribution in [2.45, 2.75) is 32.0 Å². The predicted octanol–water partition coefficient (Wildman–Crippen LogP) is 1.73. The molecule has 1 atom stereocenters. The minimum absolute atomic E-state index is 0.198. The molecule has 4 nitrogen and oxygen atoms in total. The van der Waals surface area contributed by atoms with E-state index in [0.717, 1.165) is 0 Å². The molecule has 0 radical (unpaired) electrons. The average molecular weight is 282 g/mol. The third-order valence-corrected chi connectivity index (χ3v) is 3.34. The van der Waals surface area contributed by atoms with Crippen LogP contribution in [0.5, 0.6) is 0 Å². The van der Waals surface area contributed by atoms with Gasteiger partial charge in [0.2, 0.25) is 11.5 Å². The molecule has 2 N–H and O–H groups in total. The van der Waals surface area contributed by atoms with Crippen molar-refractivity contribution in [3.05, 3.63) is 16.1 Å². The topological polar surface area (TPSA) is 62.2 Å². The summed E-state index contributed by atoms with van der Waals surface area (Å²) in [6.45, 7) is 3.30. The second-order valence-corrected chi connectivity index (χ2v) is 4.64. The summed E-state index contributed by atoms with van der Waals surface area (Å²) in [5, 5.41) is 12.9. The van der Waals surface area contributed by atoms with Crippen LogP contribution in [-0.2, 0) is 10.4 Å². The van der Waals surface area contributed by atoms with E-state index in [1.807, 2.05) is 0 Å². The molecule has 102 valence electrons. The van der Waals surface area contributed by atoms with Crippen LogP contribution in [0.4, 0.5) is 13.2 Å². The highest BCUT2D eigenvalue weighted by molar-refractivity contribution is 7.09. The highest BCUT2D eigenvalue weighted by atomic mass is 32.1. The molecule has 0 spiro atoms. The lowest BCUT2D eigenvalue weighted by Gasteiger charge is -2.27. The van der Waals surface area contributed by atoms with Crippen molar-refractivity contribution in [3.63, 3.8) is 0 Å². The van der Waals surface area contributed by atoms with Crippen LogP contribution in [0.3, 0.4) is 0 Å². The molecule has 0 fully saturated rings. The Kier molecular flexibility index (Phi) is 4.33. The molecule has 1 amide bonds. The lowest BCUT2D eigenvalue weighted by atomic mass is 9.99. The zero-order chi connectivity index (χ0) is 14.0. The zero-order valence-electron chi connectivity index (χ0n) is 9.84. The summed E-state index contributed by atoms with van der Waals surface area (Å²) in [7, 11) is 0. The number of thiazole rings is 1. The summed E-state index contributed by atoms with van der Waals surface area (Å²) < 4.78 is 38.8. The molecule has 1 rings (SSSR count). The molecule has 1 aromatic heterocycles. The Morgan fingerprint density at radius 3 is 2.56 bits per heavy atom. The molecule has 8 heteroatoms. The molecule has 0 aromatic carbocycles. The molecule has 0 saturated carbocycles. The Labute approximate surface area is 106 Å². The number of carbonyl (C=O) groups excluding carboxylic acids is 1. The minimum atomic E-state index is -4.96. The molecule has 1 aromatic rings. The summed E-state index contributed by atoms with van der Waals surface area (Å²) in [5.41, 5.74) is -2.86. The number of aromatic nitrogens is 1. The van der Waals surface area contributed by atoms with E-state index >= 15 is 0 Å². The van der Waals surface area contributed by atoms with Gasteiger partial charge in [0.1, 0.15) is 5.01 Å². The van der Waals surface area contributed by atoms with E-state index in [0.29, 0.717) is 17.0 Å². The largest absolute Gasteiger partial charge is 0.424 e. The Hall–Kier alpha value is -1.15. The fourth-order valence-corrected chi connectivity index (χ4v) is 2.25. The maximum Gasteiger partial charge on any atom is 0.424 e. The van der Waals surface area contributed by atoms with Crippen molar-refractivity contribution in [2.75, 3.05) is 6.54 Å². The van der Waals surface area contributed by atoms with Crippen molar-refractivity contribution in [2.24, 2.45) is 0 Å². The number of nitrogens with zero attached hydrogens (tertiary/aromatic N) is 1. The van der Waals surface area contributed by atoms with Gasteiger partial charge < -0.3 is 10.4 Å². The maximum absolute atomic E-state index is 12.9. The Morgan fingerprint density at radius 1 is 1.56 bits per heavy atom. The number of aryl methyl sites for hydroxylation is 1. The number of aliphatic hydroxyl groups is 1. The van der Waals surface area contributed by atoms with Gasteiger partial charge in [-0.15, -0.1) is 11.3 Å². The third kappa shape index (κ3) is 2.99. The first-order chi connectivity index (χ1) is 8.20. The van der Waals surface area contributed by atoms with Crippen molar-refractivity contribution in [3.8, 4) is 0 Å². The van der Waals surface area contributed by atoms with E-state index in [1.54, 1.807) is 6.92 Å². The number of hydrogen-bond acceptors (Lipinski definition) is 4. The monoisotopic (exact) mass is 282 g/mol. The zero-order valence-corrected chi connectivity index (χ0v) is 10.7. The van der Waals surface area contributed by atoms with Gasteiger partial charge in [0.15, 0.2) is 0 Å². The van der Waals surface area contributed by atoms with Gasteiger partial charge in [0.05, 0.1) is 6.42 Å². The van der Waals surface area contributed by atoms with Gasteiger partial charge in [0.25, 0.3) is 0 Å². The molecule has 0 bridgehead atoms. The summed E-state index contributed by atoms with van der Waals surface area (Å²) in [6.07, 6.45) is -6.04. The highest BCUT2D eigenvalue weighted by Crippen LogP contribution is 2.42. The fraction of sp³-hybridized carbons (Fsp3) is 0.600. The Morgan fingerprint density at radius 2 is 2.17 bits per heavy atom. The lowest BCUT2D eigenvalue weighted by Crippen LogP contribution is -2.46. The predicted molar refractivity (Wildman–Crippen MR) is 60.1 cm³/mol. The van der Waals surface area contributed by atoms with Crippen LogP contribution in [0.1, 0.15) is 24.0 Å². The molecular formula is C10H13F3N2O2S. The van der Waals surface area contributed by atoms with E-state index in [2.05, 4.69) is 10.3 Å². The van der Waals surface area contributed by atoms with E-state index in [-0.39, 0.29) is 6.54 Å². The minimum Gasteiger partial charge on any atom is -0.374 e. The van der Waals surface area contributed by atoms with E-state index in [9.17, 15) is 23.1 Å². The van der Waals surface area contributed by atoms with Crippen molar-refractivity contribution in [1.29, 1.82) is 0 Å². The molecule has 18 heavy (non-hydrogen) atoms. The molecule has 0 aliphatic rings. The van der Waals surface area contributed by atoms with Gasteiger partial charge >= 0.3 is 6.18 Å². The number of alkyl halides is 3. The lowest BCUT2D eigenvalue weighted by molar-refractivity contribution is -0.267. The number of halogens is 3. The van der Waals surface area contributed by atoms with Gasteiger partial charge in [0, 0.05) is 17.6 Å². The number of hydrogen-bond donors (Lipinski definition) is 2. The van der Waals surface area contributed by atoms with Gasteiger partial charge in [-0.1, -0.05) is 0 Å². The number of rotatable bonds is 4. The molecule has 0 aliphatic carbocycles. The van der Waals surface area contributed by atoms with E-state index in [4.69, 9.17) is 0 Å². The van der Waals surface area contributed by atoms with E-state index < -0.39 is 29.1 Å². The summed E-state index contributed by atoms with van der Waals surface area (Å²) in [6, 6.07) is 0. The van der Waals surface area contributed by atoms with Crippen LogP contribution in [0.15, 0.2) is 5.38 Å². The van der Waals surface area contributed by atoms with Crippen molar-refractivity contribution < 1.29 is 23.1 Å². The first-order valence-electron chi connectivity index (χ1n) is 5.19. The van der Waals surface area contributed by atoms with Gasteiger partial charge in [-0.05, 0) is 13.8 Å². The van der Waals surface area contributed by atoms with Crippen LogP contribution in [0.25, 0.3) is 0 Å². The van der Waals surface area contributed by atoms with Crippen LogP contribution < -0.4 is 5.32 Å². The van der Waals surface area contributed by atoms with Crippen molar-refractivity contribution >= 4 is 17.2 Å². The molecule has 0 aliphatic heterocycles. The van der Waals surface area contributed by atoms with Crippen LogP contribution >= 0.6 is 11.3 Å². The van der Waals surface area contributed by atoms with Crippen LogP contribution in [0, 0.1) is 6.92 Å². The fourth-order valence-electron chi connectivity index (χ4n) is 1.33.